The Kier molecular flexibility index (Phi) is 4.95. The third kappa shape index (κ3) is 3.21. The van der Waals surface area contributed by atoms with Crippen molar-refractivity contribution < 1.29 is 9.59 Å². The van der Waals surface area contributed by atoms with Crippen LogP contribution in [0.15, 0.2) is 30.0 Å². The van der Waals surface area contributed by atoms with Crippen molar-refractivity contribution in [2.45, 2.75) is 33.7 Å². The molecule has 134 valence electrons. The molecular formula is C20H27N3O2. The Balaban J connectivity index is 2.02. The molecular weight excluding hydrogens is 314 g/mol. The standard InChI is InChI=1S/C20H27N3O2/c1-5-21-10-12-22(13-11-21)18-17(16-8-6-15(4)7-9-16)19(24)23(14(2)3)20(18)25/h6-9,14H,5,10-13H2,1-4H3. The van der Waals surface area contributed by atoms with Crippen molar-refractivity contribution in [3.63, 3.8) is 0 Å². The molecule has 1 aromatic carbocycles. The summed E-state index contributed by atoms with van der Waals surface area (Å²) >= 11 is 0. The van der Waals surface area contributed by atoms with Crippen LogP contribution in [-0.4, -0.2) is 65.3 Å². The number of rotatable bonds is 4. The molecule has 5 heteroatoms. The van der Waals surface area contributed by atoms with E-state index in [0.717, 1.165) is 43.9 Å². The van der Waals surface area contributed by atoms with Gasteiger partial charge in [0.05, 0.1) is 5.57 Å². The Morgan fingerprint density at radius 3 is 2.08 bits per heavy atom. The maximum absolute atomic E-state index is 13.1. The number of imide groups is 1. The number of aryl methyl sites for hydroxylation is 1. The van der Waals surface area contributed by atoms with Gasteiger partial charge in [-0.05, 0) is 32.9 Å². The number of carbonyl (C=O) groups excluding carboxylic acids is 2. The van der Waals surface area contributed by atoms with Gasteiger partial charge in [0.25, 0.3) is 11.8 Å². The van der Waals surface area contributed by atoms with Gasteiger partial charge in [-0.2, -0.15) is 0 Å². The van der Waals surface area contributed by atoms with Gasteiger partial charge in [0.2, 0.25) is 0 Å². The van der Waals surface area contributed by atoms with Crippen LogP contribution in [0.4, 0.5) is 0 Å². The number of carbonyl (C=O) groups is 2. The van der Waals surface area contributed by atoms with Gasteiger partial charge in [-0.15, -0.1) is 0 Å². The van der Waals surface area contributed by atoms with Crippen molar-refractivity contribution >= 4 is 17.4 Å². The van der Waals surface area contributed by atoms with Crippen LogP contribution in [0.25, 0.3) is 5.57 Å². The van der Waals surface area contributed by atoms with Crippen LogP contribution in [0, 0.1) is 6.92 Å². The highest BCUT2D eigenvalue weighted by Gasteiger charge is 2.43. The van der Waals surface area contributed by atoms with Crippen molar-refractivity contribution in [1.29, 1.82) is 0 Å². The third-order valence-corrected chi connectivity index (χ3v) is 5.08. The summed E-state index contributed by atoms with van der Waals surface area (Å²) < 4.78 is 0. The van der Waals surface area contributed by atoms with Gasteiger partial charge in [0, 0.05) is 32.2 Å². The van der Waals surface area contributed by atoms with E-state index in [-0.39, 0.29) is 17.9 Å². The summed E-state index contributed by atoms with van der Waals surface area (Å²) in [5.74, 6) is -0.322. The van der Waals surface area contributed by atoms with Crippen LogP contribution in [0.5, 0.6) is 0 Å². The second kappa shape index (κ2) is 7.00. The van der Waals surface area contributed by atoms with Gasteiger partial charge in [-0.25, -0.2) is 0 Å². The highest BCUT2D eigenvalue weighted by Crippen LogP contribution is 2.33. The molecule has 0 bridgehead atoms. The Morgan fingerprint density at radius 1 is 0.960 bits per heavy atom. The van der Waals surface area contributed by atoms with Crippen LogP contribution in [-0.2, 0) is 9.59 Å². The lowest BCUT2D eigenvalue weighted by Gasteiger charge is -2.36. The average Bonchev–Trinajstić information content (AvgIpc) is 2.86. The molecule has 5 nitrogen and oxygen atoms in total. The molecule has 1 fully saturated rings. The summed E-state index contributed by atoms with van der Waals surface area (Å²) in [4.78, 5) is 31.9. The summed E-state index contributed by atoms with van der Waals surface area (Å²) in [6, 6.07) is 7.73. The van der Waals surface area contributed by atoms with Gasteiger partial charge < -0.3 is 9.80 Å². The van der Waals surface area contributed by atoms with Crippen molar-refractivity contribution in [2.24, 2.45) is 0 Å². The molecule has 2 aliphatic rings. The second-order valence-corrected chi connectivity index (χ2v) is 7.08. The van der Waals surface area contributed by atoms with E-state index in [2.05, 4.69) is 16.7 Å². The number of likely N-dealkylation sites (N-methyl/N-ethyl adjacent to an activating group) is 1. The van der Waals surface area contributed by atoms with Crippen LogP contribution in [0.2, 0.25) is 0 Å². The number of hydrogen-bond donors (Lipinski definition) is 0. The summed E-state index contributed by atoms with van der Waals surface area (Å²) in [5, 5.41) is 0. The number of hydrogen-bond acceptors (Lipinski definition) is 4. The van der Waals surface area contributed by atoms with Crippen LogP contribution < -0.4 is 0 Å². The molecule has 1 saturated heterocycles. The van der Waals surface area contributed by atoms with E-state index >= 15 is 0 Å². The highest BCUT2D eigenvalue weighted by molar-refractivity contribution is 6.35. The smallest absolute Gasteiger partial charge is 0.278 e. The molecule has 0 saturated carbocycles. The number of amides is 2. The van der Waals surface area contributed by atoms with Gasteiger partial charge >= 0.3 is 0 Å². The monoisotopic (exact) mass is 341 g/mol. The van der Waals surface area contributed by atoms with E-state index in [9.17, 15) is 9.59 Å². The SMILES string of the molecule is CCN1CCN(C2=C(c3ccc(C)cc3)C(=O)N(C(C)C)C2=O)CC1. The van der Waals surface area contributed by atoms with Crippen molar-refractivity contribution in [3.8, 4) is 0 Å². The first-order chi connectivity index (χ1) is 11.9. The van der Waals surface area contributed by atoms with E-state index in [1.165, 1.54) is 4.90 Å². The fourth-order valence-electron chi connectivity index (χ4n) is 3.57. The van der Waals surface area contributed by atoms with Crippen LogP contribution in [0.1, 0.15) is 31.9 Å². The number of piperazine rings is 1. The summed E-state index contributed by atoms with van der Waals surface area (Å²) in [6.07, 6.45) is 0. The minimum Gasteiger partial charge on any atom is -0.364 e. The Bertz CT molecular complexity index is 698. The predicted molar refractivity (Wildman–Crippen MR) is 98.8 cm³/mol. The number of nitrogens with zero attached hydrogens (tertiary/aromatic N) is 3. The fraction of sp³-hybridized carbons (Fsp3) is 0.500. The summed E-state index contributed by atoms with van der Waals surface area (Å²) in [6.45, 7) is 12.4. The Morgan fingerprint density at radius 2 is 1.56 bits per heavy atom. The lowest BCUT2D eigenvalue weighted by molar-refractivity contribution is -0.139. The van der Waals surface area contributed by atoms with Crippen molar-refractivity contribution in [3.05, 3.63) is 41.1 Å². The zero-order valence-electron chi connectivity index (χ0n) is 15.6. The lowest BCUT2D eigenvalue weighted by Crippen LogP contribution is -2.47. The predicted octanol–water partition coefficient (Wildman–Crippen LogP) is 2.12. The summed E-state index contributed by atoms with van der Waals surface area (Å²) in [7, 11) is 0. The largest absolute Gasteiger partial charge is 0.364 e. The lowest BCUT2D eigenvalue weighted by atomic mass is 10.0. The quantitative estimate of drug-likeness (QED) is 0.787. The average molecular weight is 341 g/mol. The van der Waals surface area contributed by atoms with Crippen LogP contribution >= 0.6 is 0 Å². The first-order valence-corrected chi connectivity index (χ1v) is 9.10. The topological polar surface area (TPSA) is 43.9 Å². The molecule has 0 spiro atoms. The maximum atomic E-state index is 13.1. The van der Waals surface area contributed by atoms with E-state index in [0.29, 0.717) is 11.3 Å². The van der Waals surface area contributed by atoms with E-state index < -0.39 is 0 Å². The fourth-order valence-corrected chi connectivity index (χ4v) is 3.57. The molecule has 3 rings (SSSR count). The van der Waals surface area contributed by atoms with Gasteiger partial charge in [-0.3, -0.25) is 14.5 Å². The Hall–Kier alpha value is -2.14. The van der Waals surface area contributed by atoms with E-state index in [1.54, 1.807) is 0 Å². The van der Waals surface area contributed by atoms with E-state index in [1.807, 2.05) is 45.0 Å². The highest BCUT2D eigenvalue weighted by atomic mass is 16.2. The van der Waals surface area contributed by atoms with Crippen molar-refractivity contribution in [1.82, 2.24) is 14.7 Å². The van der Waals surface area contributed by atoms with Crippen molar-refractivity contribution in [2.75, 3.05) is 32.7 Å². The molecule has 2 heterocycles. The van der Waals surface area contributed by atoms with Crippen LogP contribution in [0.3, 0.4) is 0 Å². The first kappa shape index (κ1) is 17.7. The molecule has 0 aliphatic carbocycles. The molecule has 0 unspecified atom stereocenters. The van der Waals surface area contributed by atoms with Gasteiger partial charge in [0.15, 0.2) is 0 Å². The Labute approximate surface area is 149 Å². The number of benzene rings is 1. The molecule has 0 atom stereocenters. The molecule has 0 aromatic heterocycles. The molecule has 2 aliphatic heterocycles. The zero-order valence-corrected chi connectivity index (χ0v) is 15.6. The maximum Gasteiger partial charge on any atom is 0.278 e. The molecule has 25 heavy (non-hydrogen) atoms. The van der Waals surface area contributed by atoms with Gasteiger partial charge in [-0.1, -0.05) is 36.8 Å². The normalized spacial score (nSPS) is 19.6. The first-order valence-electron chi connectivity index (χ1n) is 9.10. The minimum atomic E-state index is -0.170. The minimum absolute atomic E-state index is 0.144. The summed E-state index contributed by atoms with van der Waals surface area (Å²) in [5.41, 5.74) is 3.11. The van der Waals surface area contributed by atoms with E-state index in [4.69, 9.17) is 0 Å². The molecule has 0 N–H and O–H groups in total. The molecule has 0 radical (unpaired) electrons. The second-order valence-electron chi connectivity index (χ2n) is 7.08. The third-order valence-electron chi connectivity index (χ3n) is 5.08. The molecule has 1 aromatic rings. The molecule has 2 amide bonds. The van der Waals surface area contributed by atoms with Gasteiger partial charge in [0.1, 0.15) is 5.70 Å². The zero-order chi connectivity index (χ0) is 18.1.